The standard InChI is InChI=1S/C15H16N2O4/c1-15(2,3)21-14(19)17-16-8-10-9-20-12-7-5-4-6-11(12)13(10)18/h4-9H,1-3H3,(H,17,19)/b16-8+. The highest BCUT2D eigenvalue weighted by Crippen LogP contribution is 2.09. The van der Waals surface area contributed by atoms with Crippen molar-refractivity contribution < 1.29 is 13.9 Å². The molecule has 0 atom stereocenters. The Bertz CT molecular complexity index is 741. The van der Waals surface area contributed by atoms with Crippen LogP contribution in [0.15, 0.2) is 44.8 Å². The van der Waals surface area contributed by atoms with Gasteiger partial charge in [-0.3, -0.25) is 4.79 Å². The predicted octanol–water partition coefficient (Wildman–Crippen LogP) is 2.65. The molecule has 1 aromatic carbocycles. The fourth-order valence-electron chi connectivity index (χ4n) is 1.64. The summed E-state index contributed by atoms with van der Waals surface area (Å²) < 4.78 is 10.3. The first kappa shape index (κ1) is 14.8. The van der Waals surface area contributed by atoms with E-state index in [9.17, 15) is 9.59 Å². The van der Waals surface area contributed by atoms with Gasteiger partial charge in [0.1, 0.15) is 17.4 Å². The fraction of sp³-hybridized carbons (Fsp3) is 0.267. The highest BCUT2D eigenvalue weighted by Gasteiger charge is 2.15. The van der Waals surface area contributed by atoms with E-state index in [1.165, 1.54) is 12.5 Å². The summed E-state index contributed by atoms with van der Waals surface area (Å²) in [7, 11) is 0. The van der Waals surface area contributed by atoms with Crippen molar-refractivity contribution in [2.24, 2.45) is 5.10 Å². The molecule has 2 rings (SSSR count). The van der Waals surface area contributed by atoms with Crippen molar-refractivity contribution >= 4 is 23.3 Å². The summed E-state index contributed by atoms with van der Waals surface area (Å²) >= 11 is 0. The van der Waals surface area contributed by atoms with Crippen molar-refractivity contribution in [3.63, 3.8) is 0 Å². The van der Waals surface area contributed by atoms with Gasteiger partial charge in [0.05, 0.1) is 17.2 Å². The first-order valence-electron chi connectivity index (χ1n) is 6.39. The molecule has 1 aromatic heterocycles. The second-order valence-corrected chi connectivity index (χ2v) is 5.39. The van der Waals surface area contributed by atoms with E-state index in [0.717, 1.165) is 0 Å². The zero-order chi connectivity index (χ0) is 15.5. The zero-order valence-electron chi connectivity index (χ0n) is 12.0. The van der Waals surface area contributed by atoms with E-state index < -0.39 is 11.7 Å². The summed E-state index contributed by atoms with van der Waals surface area (Å²) in [5.41, 5.74) is 2.11. The summed E-state index contributed by atoms with van der Waals surface area (Å²) in [6.07, 6.45) is 1.83. The fourth-order valence-corrected chi connectivity index (χ4v) is 1.64. The molecule has 0 bridgehead atoms. The third-order valence-corrected chi connectivity index (χ3v) is 2.47. The number of ether oxygens (including phenoxy) is 1. The van der Waals surface area contributed by atoms with Gasteiger partial charge < -0.3 is 9.15 Å². The summed E-state index contributed by atoms with van der Waals surface area (Å²) in [6, 6.07) is 6.90. The van der Waals surface area contributed by atoms with E-state index in [0.29, 0.717) is 11.0 Å². The monoisotopic (exact) mass is 288 g/mol. The number of hydrogen-bond acceptors (Lipinski definition) is 5. The van der Waals surface area contributed by atoms with Crippen molar-refractivity contribution in [3.05, 3.63) is 46.3 Å². The molecule has 2 aromatic rings. The van der Waals surface area contributed by atoms with E-state index in [1.54, 1.807) is 45.0 Å². The summed E-state index contributed by atoms with van der Waals surface area (Å²) in [5.74, 6) is 0. The van der Waals surface area contributed by atoms with Crippen LogP contribution in [0.3, 0.4) is 0 Å². The lowest BCUT2D eigenvalue weighted by Gasteiger charge is -2.18. The SMILES string of the molecule is CC(C)(C)OC(=O)N/N=C/c1coc2ccccc2c1=O. The number of nitrogens with zero attached hydrogens (tertiary/aromatic N) is 1. The maximum atomic E-state index is 12.1. The van der Waals surface area contributed by atoms with Crippen LogP contribution < -0.4 is 10.9 Å². The van der Waals surface area contributed by atoms with Gasteiger partial charge in [0, 0.05) is 0 Å². The Labute approximate surface area is 121 Å². The van der Waals surface area contributed by atoms with Gasteiger partial charge in [0.2, 0.25) is 5.43 Å². The normalized spacial score (nSPS) is 11.8. The number of benzene rings is 1. The number of hydrogen-bond donors (Lipinski definition) is 1. The highest BCUT2D eigenvalue weighted by atomic mass is 16.6. The largest absolute Gasteiger partial charge is 0.463 e. The van der Waals surface area contributed by atoms with Crippen LogP contribution in [0.5, 0.6) is 0 Å². The third-order valence-electron chi connectivity index (χ3n) is 2.47. The summed E-state index contributed by atoms with van der Waals surface area (Å²) in [4.78, 5) is 23.5. The van der Waals surface area contributed by atoms with Crippen LogP contribution in [-0.2, 0) is 4.74 Å². The molecule has 0 fully saturated rings. The van der Waals surface area contributed by atoms with Crippen LogP contribution in [-0.4, -0.2) is 17.9 Å². The zero-order valence-corrected chi connectivity index (χ0v) is 12.0. The number of amides is 1. The number of nitrogens with one attached hydrogen (secondary N) is 1. The molecule has 0 aliphatic rings. The first-order valence-corrected chi connectivity index (χ1v) is 6.39. The van der Waals surface area contributed by atoms with Crippen LogP contribution in [0.25, 0.3) is 11.0 Å². The van der Waals surface area contributed by atoms with Gasteiger partial charge in [-0.15, -0.1) is 0 Å². The maximum absolute atomic E-state index is 12.1. The lowest BCUT2D eigenvalue weighted by molar-refractivity contribution is 0.0529. The van der Waals surface area contributed by atoms with Gasteiger partial charge in [-0.1, -0.05) is 12.1 Å². The van der Waals surface area contributed by atoms with Crippen molar-refractivity contribution in [1.29, 1.82) is 0 Å². The number of hydrazone groups is 1. The van der Waals surface area contributed by atoms with Crippen LogP contribution in [0.1, 0.15) is 26.3 Å². The summed E-state index contributed by atoms with van der Waals surface area (Å²) in [6.45, 7) is 5.23. The van der Waals surface area contributed by atoms with Gasteiger partial charge in [-0.05, 0) is 32.9 Å². The predicted molar refractivity (Wildman–Crippen MR) is 79.4 cm³/mol. The lowest BCUT2D eigenvalue weighted by atomic mass is 10.2. The molecule has 0 aliphatic carbocycles. The molecule has 1 N–H and O–H groups in total. The molecule has 0 spiro atoms. The van der Waals surface area contributed by atoms with E-state index in [-0.39, 0.29) is 11.0 Å². The Morgan fingerprint density at radius 3 is 2.76 bits per heavy atom. The second-order valence-electron chi connectivity index (χ2n) is 5.39. The second kappa shape index (κ2) is 5.78. The molecule has 1 amide bonds. The van der Waals surface area contributed by atoms with Gasteiger partial charge in [-0.2, -0.15) is 5.10 Å². The van der Waals surface area contributed by atoms with Crippen LogP contribution in [0.4, 0.5) is 4.79 Å². The van der Waals surface area contributed by atoms with Crippen molar-refractivity contribution in [2.75, 3.05) is 0 Å². The molecule has 1 heterocycles. The van der Waals surface area contributed by atoms with Crippen LogP contribution in [0.2, 0.25) is 0 Å². The minimum absolute atomic E-state index is 0.216. The number of carbonyl (C=O) groups is 1. The van der Waals surface area contributed by atoms with Gasteiger partial charge in [0.25, 0.3) is 0 Å². The van der Waals surface area contributed by atoms with Gasteiger partial charge >= 0.3 is 6.09 Å². The minimum Gasteiger partial charge on any atom is -0.463 e. The topological polar surface area (TPSA) is 80.9 Å². The lowest BCUT2D eigenvalue weighted by Crippen LogP contribution is -2.30. The molecular formula is C15H16N2O4. The van der Waals surface area contributed by atoms with E-state index in [1.807, 2.05) is 0 Å². The Morgan fingerprint density at radius 2 is 2.05 bits per heavy atom. The molecule has 21 heavy (non-hydrogen) atoms. The molecule has 110 valence electrons. The highest BCUT2D eigenvalue weighted by molar-refractivity contribution is 5.86. The Morgan fingerprint density at radius 1 is 1.33 bits per heavy atom. The van der Waals surface area contributed by atoms with Crippen molar-refractivity contribution in [1.82, 2.24) is 5.43 Å². The maximum Gasteiger partial charge on any atom is 0.428 e. The molecule has 0 unspecified atom stereocenters. The van der Waals surface area contributed by atoms with E-state index in [2.05, 4.69) is 10.5 Å². The van der Waals surface area contributed by atoms with Gasteiger partial charge in [0.15, 0.2) is 0 Å². The van der Waals surface area contributed by atoms with E-state index in [4.69, 9.17) is 9.15 Å². The molecular weight excluding hydrogens is 272 g/mol. The summed E-state index contributed by atoms with van der Waals surface area (Å²) in [5, 5.41) is 4.14. The van der Waals surface area contributed by atoms with Crippen LogP contribution >= 0.6 is 0 Å². The van der Waals surface area contributed by atoms with E-state index >= 15 is 0 Å². The molecule has 6 nitrogen and oxygen atoms in total. The quantitative estimate of drug-likeness (QED) is 0.680. The molecule has 0 radical (unpaired) electrons. The number of carbonyl (C=O) groups excluding carboxylic acids is 1. The molecule has 0 aliphatic heterocycles. The van der Waals surface area contributed by atoms with Gasteiger partial charge in [-0.25, -0.2) is 10.2 Å². The Hall–Kier alpha value is -2.63. The van der Waals surface area contributed by atoms with Crippen molar-refractivity contribution in [2.45, 2.75) is 26.4 Å². The smallest absolute Gasteiger partial charge is 0.428 e. The molecule has 6 heteroatoms. The average Bonchev–Trinajstić information content (AvgIpc) is 2.40. The van der Waals surface area contributed by atoms with Crippen LogP contribution in [0, 0.1) is 0 Å². The van der Waals surface area contributed by atoms with Crippen molar-refractivity contribution in [3.8, 4) is 0 Å². The number of fused-ring (bicyclic) bond motifs is 1. The molecule has 0 saturated heterocycles. The third kappa shape index (κ3) is 3.92. The Kier molecular flexibility index (Phi) is 4.07. The first-order chi connectivity index (χ1) is 9.87. The average molecular weight is 288 g/mol. The number of rotatable bonds is 2. The molecule has 0 saturated carbocycles. The number of para-hydroxylation sites is 1. The Balaban J connectivity index is 2.13. The minimum atomic E-state index is -0.691.